The summed E-state index contributed by atoms with van der Waals surface area (Å²) >= 11 is 1.26. The SMILES string of the molecule is Cc1cn2c(n1)CCC(C(=O)N1CCCC3CC(NC(=O)CSc4cccc[n+]4[O-])CCC31)C2. The van der Waals surface area contributed by atoms with Gasteiger partial charge in [0.25, 0.3) is 5.03 Å². The summed E-state index contributed by atoms with van der Waals surface area (Å²) in [5, 5.41) is 15.5. The molecule has 0 radical (unpaired) electrons. The molecular formula is C25H33N5O3S. The third-order valence-electron chi connectivity index (χ3n) is 7.57. The molecule has 5 rings (SSSR count). The Morgan fingerprint density at radius 2 is 2.15 bits per heavy atom. The van der Waals surface area contributed by atoms with Crippen LogP contribution in [0.4, 0.5) is 0 Å². The third-order valence-corrected chi connectivity index (χ3v) is 8.59. The number of thioether (sulfide) groups is 1. The van der Waals surface area contributed by atoms with E-state index in [-0.39, 0.29) is 23.6 Å². The molecule has 9 heteroatoms. The number of pyridine rings is 1. The maximum absolute atomic E-state index is 13.5. The zero-order valence-electron chi connectivity index (χ0n) is 19.7. The van der Waals surface area contributed by atoms with Gasteiger partial charge in [-0.15, -0.1) is 0 Å². The van der Waals surface area contributed by atoms with Gasteiger partial charge in [-0.25, -0.2) is 4.98 Å². The van der Waals surface area contributed by atoms with E-state index in [4.69, 9.17) is 0 Å². The molecule has 1 saturated heterocycles. The van der Waals surface area contributed by atoms with Gasteiger partial charge in [0.15, 0.2) is 6.20 Å². The fourth-order valence-corrected chi connectivity index (χ4v) is 6.74. The van der Waals surface area contributed by atoms with E-state index in [1.807, 2.05) is 6.92 Å². The Bertz CT molecular complexity index is 1060. The summed E-state index contributed by atoms with van der Waals surface area (Å²) in [6.45, 7) is 3.60. The molecule has 2 aromatic heterocycles. The molecule has 8 nitrogen and oxygen atoms in total. The first-order valence-electron chi connectivity index (χ1n) is 12.4. The maximum atomic E-state index is 13.5. The molecule has 182 valence electrons. The number of aromatic nitrogens is 3. The van der Waals surface area contributed by atoms with Crippen molar-refractivity contribution in [2.24, 2.45) is 11.8 Å². The van der Waals surface area contributed by atoms with Crippen molar-refractivity contribution in [1.82, 2.24) is 19.8 Å². The Morgan fingerprint density at radius 1 is 1.26 bits per heavy atom. The largest absolute Gasteiger partial charge is 0.618 e. The minimum atomic E-state index is -0.0327. The number of nitrogens with zero attached hydrogens (tertiary/aromatic N) is 4. The Labute approximate surface area is 204 Å². The summed E-state index contributed by atoms with van der Waals surface area (Å²) in [6.07, 6.45) is 10.2. The van der Waals surface area contributed by atoms with E-state index in [2.05, 4.69) is 26.0 Å². The quantitative estimate of drug-likeness (QED) is 0.401. The first-order chi connectivity index (χ1) is 16.5. The van der Waals surface area contributed by atoms with Gasteiger partial charge in [0.1, 0.15) is 5.82 Å². The molecule has 2 aromatic rings. The van der Waals surface area contributed by atoms with Crippen molar-refractivity contribution in [3.05, 3.63) is 47.3 Å². The number of amides is 2. The second-order valence-electron chi connectivity index (χ2n) is 9.92. The lowest BCUT2D eigenvalue weighted by Gasteiger charge is -2.47. The molecule has 1 saturated carbocycles. The van der Waals surface area contributed by atoms with E-state index in [9.17, 15) is 14.8 Å². The average Bonchev–Trinajstić information content (AvgIpc) is 3.21. The number of carbonyl (C=O) groups is 2. The molecular weight excluding hydrogens is 450 g/mol. The Kier molecular flexibility index (Phi) is 6.81. The van der Waals surface area contributed by atoms with E-state index < -0.39 is 0 Å². The zero-order valence-corrected chi connectivity index (χ0v) is 20.5. The Hall–Kier alpha value is -2.55. The van der Waals surface area contributed by atoms with Crippen LogP contribution in [0, 0.1) is 24.0 Å². The van der Waals surface area contributed by atoms with Gasteiger partial charge < -0.3 is 20.0 Å². The predicted octanol–water partition coefficient (Wildman–Crippen LogP) is 2.46. The van der Waals surface area contributed by atoms with E-state index in [1.54, 1.807) is 18.2 Å². The fourth-order valence-electron chi connectivity index (χ4n) is 6.02. The summed E-state index contributed by atoms with van der Waals surface area (Å²) in [6, 6.07) is 5.64. The van der Waals surface area contributed by atoms with Crippen LogP contribution in [0.2, 0.25) is 0 Å². The summed E-state index contributed by atoms with van der Waals surface area (Å²) in [4.78, 5) is 32.8. The van der Waals surface area contributed by atoms with Crippen molar-refractivity contribution in [1.29, 1.82) is 0 Å². The average molecular weight is 484 g/mol. The van der Waals surface area contributed by atoms with Gasteiger partial charge in [0.2, 0.25) is 11.8 Å². The summed E-state index contributed by atoms with van der Waals surface area (Å²) in [5.74, 6) is 2.09. The molecule has 34 heavy (non-hydrogen) atoms. The van der Waals surface area contributed by atoms with Crippen LogP contribution in [-0.4, -0.2) is 50.6 Å². The number of fused-ring (bicyclic) bond motifs is 2. The first-order valence-corrected chi connectivity index (χ1v) is 13.4. The van der Waals surface area contributed by atoms with Gasteiger partial charge in [-0.1, -0.05) is 0 Å². The molecule has 1 aliphatic carbocycles. The van der Waals surface area contributed by atoms with Crippen molar-refractivity contribution < 1.29 is 14.3 Å². The molecule has 0 aromatic carbocycles. The minimum Gasteiger partial charge on any atom is -0.618 e. The monoisotopic (exact) mass is 483 g/mol. The van der Waals surface area contributed by atoms with E-state index in [0.29, 0.717) is 22.9 Å². The maximum Gasteiger partial charge on any atom is 0.251 e. The number of hydrogen-bond acceptors (Lipinski definition) is 5. The van der Waals surface area contributed by atoms with E-state index >= 15 is 0 Å². The van der Waals surface area contributed by atoms with Gasteiger partial charge in [-0.2, -0.15) is 4.73 Å². The van der Waals surface area contributed by atoms with Crippen LogP contribution >= 0.6 is 11.8 Å². The van der Waals surface area contributed by atoms with Gasteiger partial charge in [-0.05, 0) is 69.2 Å². The number of nitrogens with one attached hydrogen (secondary N) is 1. The van der Waals surface area contributed by atoms with Crippen LogP contribution in [0.15, 0.2) is 35.6 Å². The number of aryl methyl sites for hydroxylation is 2. The Morgan fingerprint density at radius 3 is 3.00 bits per heavy atom. The molecule has 1 N–H and O–H groups in total. The number of likely N-dealkylation sites (tertiary alicyclic amines) is 1. The first kappa shape index (κ1) is 23.2. The molecule has 4 heterocycles. The van der Waals surface area contributed by atoms with Crippen molar-refractivity contribution in [2.75, 3.05) is 12.3 Å². The molecule has 3 aliphatic rings. The van der Waals surface area contributed by atoms with Crippen molar-refractivity contribution in [3.63, 3.8) is 0 Å². The van der Waals surface area contributed by atoms with E-state index in [0.717, 1.165) is 74.3 Å². The Balaban J connectivity index is 1.14. The van der Waals surface area contributed by atoms with Crippen LogP contribution in [0.3, 0.4) is 0 Å². The van der Waals surface area contributed by atoms with Crippen LogP contribution in [0.25, 0.3) is 0 Å². The highest BCUT2D eigenvalue weighted by Crippen LogP contribution is 2.37. The highest BCUT2D eigenvalue weighted by molar-refractivity contribution is 7.99. The highest BCUT2D eigenvalue weighted by atomic mass is 32.2. The molecule has 0 spiro atoms. The van der Waals surface area contributed by atoms with Crippen molar-refractivity contribution >= 4 is 23.6 Å². The molecule has 4 atom stereocenters. The van der Waals surface area contributed by atoms with Crippen molar-refractivity contribution in [2.45, 2.75) is 75.5 Å². The number of rotatable bonds is 5. The van der Waals surface area contributed by atoms with Crippen LogP contribution in [0.1, 0.15) is 50.0 Å². The lowest BCUT2D eigenvalue weighted by Crippen LogP contribution is -2.55. The second kappa shape index (κ2) is 9.98. The third kappa shape index (κ3) is 4.94. The lowest BCUT2D eigenvalue weighted by molar-refractivity contribution is -0.645. The van der Waals surface area contributed by atoms with Crippen molar-refractivity contribution in [3.8, 4) is 0 Å². The molecule has 2 amide bonds. The molecule has 4 unspecified atom stereocenters. The topological polar surface area (TPSA) is 94.2 Å². The number of hydrogen-bond donors (Lipinski definition) is 1. The van der Waals surface area contributed by atoms with Gasteiger partial charge in [0.05, 0.1) is 17.4 Å². The number of piperidine rings is 1. The standard InChI is InChI=1S/C25H33N5O3S/c1-17-14-28-15-19(7-10-22(28)26-17)25(32)29-11-4-5-18-13-20(8-9-21(18)29)27-23(31)16-34-24-6-2-3-12-30(24)33/h2-3,6,12,14,18-21H,4-5,7-11,13,15-16H2,1H3,(H,27,31). The zero-order chi connectivity index (χ0) is 23.7. The predicted molar refractivity (Wildman–Crippen MR) is 129 cm³/mol. The lowest BCUT2D eigenvalue weighted by atomic mass is 9.75. The summed E-state index contributed by atoms with van der Waals surface area (Å²) in [7, 11) is 0. The minimum absolute atomic E-state index is 0.0327. The molecule has 2 fully saturated rings. The molecule has 0 bridgehead atoms. The smallest absolute Gasteiger partial charge is 0.251 e. The molecule has 2 aliphatic heterocycles. The summed E-state index contributed by atoms with van der Waals surface area (Å²) in [5.41, 5.74) is 1.02. The number of imidazole rings is 1. The van der Waals surface area contributed by atoms with Gasteiger partial charge in [0, 0.05) is 49.9 Å². The number of carbonyl (C=O) groups excluding carboxylic acids is 2. The van der Waals surface area contributed by atoms with Gasteiger partial charge in [-0.3, -0.25) is 9.59 Å². The van der Waals surface area contributed by atoms with Crippen LogP contribution < -0.4 is 10.0 Å². The highest BCUT2D eigenvalue weighted by Gasteiger charge is 2.41. The second-order valence-corrected chi connectivity index (χ2v) is 10.9. The van der Waals surface area contributed by atoms with Crippen LogP contribution in [0.5, 0.6) is 0 Å². The van der Waals surface area contributed by atoms with Gasteiger partial charge >= 0.3 is 0 Å². The summed E-state index contributed by atoms with van der Waals surface area (Å²) < 4.78 is 2.95. The fraction of sp³-hybridized carbons (Fsp3) is 0.600. The van der Waals surface area contributed by atoms with Crippen LogP contribution in [-0.2, 0) is 22.6 Å². The van der Waals surface area contributed by atoms with E-state index in [1.165, 1.54) is 18.0 Å². The normalized spacial score (nSPS) is 26.4.